The Balaban J connectivity index is 1.79. The lowest BCUT2D eigenvalue weighted by Crippen LogP contribution is -2.57. The van der Waals surface area contributed by atoms with Gasteiger partial charge in [0.25, 0.3) is 5.91 Å². The van der Waals surface area contributed by atoms with Gasteiger partial charge in [0.1, 0.15) is 23.4 Å². The van der Waals surface area contributed by atoms with Gasteiger partial charge in [-0.25, -0.2) is 0 Å². The maximum Gasteiger partial charge on any atom is 0.274 e. The van der Waals surface area contributed by atoms with Crippen molar-refractivity contribution < 1.29 is 33.2 Å². The molecule has 0 aliphatic carbocycles. The number of carbonyl (C=O) groups excluding carboxylic acids is 4. The van der Waals surface area contributed by atoms with Crippen molar-refractivity contribution in [2.24, 2.45) is 5.92 Å². The van der Waals surface area contributed by atoms with Crippen LogP contribution in [0.1, 0.15) is 55.4 Å². The van der Waals surface area contributed by atoms with E-state index in [0.717, 1.165) is 5.56 Å². The highest BCUT2D eigenvalue weighted by molar-refractivity contribution is 5.99. The van der Waals surface area contributed by atoms with Crippen molar-refractivity contribution in [3.8, 4) is 0 Å². The van der Waals surface area contributed by atoms with Crippen LogP contribution in [0.25, 0.3) is 0 Å². The van der Waals surface area contributed by atoms with Crippen molar-refractivity contribution in [2.45, 2.75) is 70.7 Å². The molecule has 0 saturated carbocycles. The lowest BCUT2D eigenvalue weighted by atomic mass is 9.93. The summed E-state index contributed by atoms with van der Waals surface area (Å²) >= 11 is 0. The van der Waals surface area contributed by atoms with Crippen molar-refractivity contribution in [3.05, 3.63) is 53.4 Å². The molecule has 3 rings (SSSR count). The minimum atomic E-state index is -1.01. The Kier molecular flexibility index (Phi) is 10.4. The highest BCUT2D eigenvalue weighted by Gasteiger charge is 2.50. The van der Waals surface area contributed by atoms with Gasteiger partial charge in [0.05, 0.1) is 12.6 Å². The molecule has 3 amide bonds. The van der Waals surface area contributed by atoms with Crippen LogP contribution in [0.4, 0.5) is 0 Å². The molecule has 0 bridgehead atoms. The number of carbonyl (C=O) groups is 4. The first kappa shape index (κ1) is 30.0. The van der Waals surface area contributed by atoms with Crippen LogP contribution >= 0.6 is 0 Å². The van der Waals surface area contributed by atoms with Crippen LogP contribution < -0.4 is 16.0 Å². The summed E-state index contributed by atoms with van der Waals surface area (Å²) in [5, 5.41) is 12.0. The molecule has 1 aromatic heterocycles. The zero-order chi connectivity index (χ0) is 28.6. The van der Waals surface area contributed by atoms with Crippen LogP contribution in [0.3, 0.4) is 0 Å². The van der Waals surface area contributed by atoms with E-state index in [1.807, 2.05) is 44.2 Å². The van der Waals surface area contributed by atoms with Crippen LogP contribution in [0.15, 0.2) is 40.9 Å². The average Bonchev–Trinajstić information content (AvgIpc) is 3.50. The first-order valence-corrected chi connectivity index (χ1v) is 13.1. The summed E-state index contributed by atoms with van der Waals surface area (Å²) in [5.41, 5.74) is -0.0511. The number of ether oxygens (including phenoxy) is 2. The van der Waals surface area contributed by atoms with E-state index >= 15 is 0 Å². The smallest absolute Gasteiger partial charge is 0.274 e. The molecule has 1 aromatic carbocycles. The van der Waals surface area contributed by atoms with Crippen LogP contribution in [0.2, 0.25) is 0 Å². The summed E-state index contributed by atoms with van der Waals surface area (Å²) in [6.45, 7) is 7.79. The number of hydrogen-bond acceptors (Lipinski definition) is 8. The molecule has 0 radical (unpaired) electrons. The first-order valence-electron chi connectivity index (χ1n) is 13.1. The number of aromatic nitrogens is 1. The lowest BCUT2D eigenvalue weighted by Gasteiger charge is -2.26. The Bertz CT molecular complexity index is 1140. The fourth-order valence-corrected chi connectivity index (χ4v) is 4.14. The standard InChI is InChI=1S/C28H38N4O7/c1-17(2)13-21(24(33)28(4)16-38-28)30-26(35)22(15-19-9-7-6-8-10-19)31-25(34)20(11-12-37-5)29-27(36)23-14-18(3)39-32-23/h6-10,14,17,20-22H,11-13,15-16H2,1-5H3,(H,29,36)(H,30,35)(H,31,34)/t20-,21-,22-,28-/m0/s1. The molecule has 2 heterocycles. The fraction of sp³-hybridized carbons (Fsp3) is 0.536. The van der Waals surface area contributed by atoms with E-state index in [1.54, 1.807) is 13.8 Å². The van der Waals surface area contributed by atoms with E-state index in [0.29, 0.717) is 18.8 Å². The Morgan fingerprint density at radius 2 is 1.67 bits per heavy atom. The van der Waals surface area contributed by atoms with Crippen molar-refractivity contribution in [1.82, 2.24) is 21.1 Å². The molecule has 0 unspecified atom stereocenters. The molecule has 39 heavy (non-hydrogen) atoms. The van der Waals surface area contributed by atoms with Gasteiger partial charge in [0, 0.05) is 26.2 Å². The number of nitrogens with zero attached hydrogens (tertiary/aromatic N) is 1. The predicted molar refractivity (Wildman–Crippen MR) is 142 cm³/mol. The molecule has 212 valence electrons. The van der Waals surface area contributed by atoms with Gasteiger partial charge in [0.15, 0.2) is 11.5 Å². The predicted octanol–water partition coefficient (Wildman–Crippen LogP) is 1.73. The highest BCUT2D eigenvalue weighted by atomic mass is 16.6. The SMILES string of the molecule is COCC[C@H](NC(=O)c1cc(C)on1)C(=O)N[C@@H](Cc1ccccc1)C(=O)N[C@@H](CC(C)C)C(=O)[C@]1(C)CO1. The van der Waals surface area contributed by atoms with E-state index in [-0.39, 0.29) is 36.8 Å². The Labute approximate surface area is 228 Å². The largest absolute Gasteiger partial charge is 0.385 e. The zero-order valence-corrected chi connectivity index (χ0v) is 23.1. The van der Waals surface area contributed by atoms with Crippen molar-refractivity contribution in [2.75, 3.05) is 20.3 Å². The molecule has 1 saturated heterocycles. The lowest BCUT2D eigenvalue weighted by molar-refractivity contribution is -0.133. The minimum absolute atomic E-state index is 0.0344. The number of ketones is 1. The summed E-state index contributed by atoms with van der Waals surface area (Å²) in [6.07, 6.45) is 0.774. The van der Waals surface area contributed by atoms with E-state index in [1.165, 1.54) is 13.2 Å². The van der Waals surface area contributed by atoms with Gasteiger partial charge in [-0.1, -0.05) is 49.3 Å². The molecule has 1 aliphatic heterocycles. The molecule has 3 N–H and O–H groups in total. The molecular formula is C28H38N4O7. The van der Waals surface area contributed by atoms with E-state index in [9.17, 15) is 19.2 Å². The molecule has 1 aliphatic rings. The molecule has 1 fully saturated rings. The molecule has 11 heteroatoms. The number of aryl methyl sites for hydroxylation is 1. The van der Waals surface area contributed by atoms with Gasteiger partial charge >= 0.3 is 0 Å². The Morgan fingerprint density at radius 1 is 1.03 bits per heavy atom. The minimum Gasteiger partial charge on any atom is -0.385 e. The van der Waals surface area contributed by atoms with Gasteiger partial charge in [-0.2, -0.15) is 0 Å². The van der Waals surface area contributed by atoms with E-state index < -0.39 is 41.4 Å². The highest BCUT2D eigenvalue weighted by Crippen LogP contribution is 2.29. The number of benzene rings is 1. The molecular weight excluding hydrogens is 504 g/mol. The van der Waals surface area contributed by atoms with Crippen molar-refractivity contribution in [3.63, 3.8) is 0 Å². The second-order valence-corrected chi connectivity index (χ2v) is 10.5. The summed E-state index contributed by atoms with van der Waals surface area (Å²) in [5.74, 6) is -1.26. The molecule has 2 aromatic rings. The second-order valence-electron chi connectivity index (χ2n) is 10.5. The number of methoxy groups -OCH3 is 1. The van der Waals surface area contributed by atoms with Crippen molar-refractivity contribution >= 4 is 23.5 Å². The number of Topliss-reactive ketones (excluding diaryl/α,β-unsaturated/α-hetero) is 1. The number of hydrogen-bond donors (Lipinski definition) is 3. The second kappa shape index (κ2) is 13.5. The van der Waals surface area contributed by atoms with Gasteiger partial charge in [-0.05, 0) is 38.2 Å². The molecule has 0 spiro atoms. The quantitative estimate of drug-likeness (QED) is 0.288. The maximum absolute atomic E-state index is 13.6. The topological polar surface area (TPSA) is 152 Å². The molecule has 11 nitrogen and oxygen atoms in total. The van der Waals surface area contributed by atoms with Gasteiger partial charge in [-0.15, -0.1) is 0 Å². The molecule has 4 atom stereocenters. The number of rotatable bonds is 15. The van der Waals surface area contributed by atoms with Crippen LogP contribution in [-0.2, 0) is 30.3 Å². The maximum atomic E-state index is 13.6. The summed E-state index contributed by atoms with van der Waals surface area (Å²) in [6, 6.07) is 7.90. The number of epoxide rings is 1. The van der Waals surface area contributed by atoms with Crippen LogP contribution in [0, 0.1) is 12.8 Å². The van der Waals surface area contributed by atoms with Gasteiger partial charge in [-0.3, -0.25) is 19.2 Å². The Hall–Kier alpha value is -3.57. The number of nitrogens with one attached hydrogen (secondary N) is 3. The fourth-order valence-electron chi connectivity index (χ4n) is 4.14. The monoisotopic (exact) mass is 542 g/mol. The van der Waals surface area contributed by atoms with E-state index in [4.69, 9.17) is 14.0 Å². The summed E-state index contributed by atoms with van der Waals surface area (Å²) < 4.78 is 15.4. The van der Waals surface area contributed by atoms with E-state index in [2.05, 4.69) is 21.1 Å². The summed E-state index contributed by atoms with van der Waals surface area (Å²) in [7, 11) is 1.49. The Morgan fingerprint density at radius 3 is 2.23 bits per heavy atom. The van der Waals surface area contributed by atoms with Gasteiger partial charge < -0.3 is 29.9 Å². The first-order chi connectivity index (χ1) is 18.5. The van der Waals surface area contributed by atoms with Crippen LogP contribution in [0.5, 0.6) is 0 Å². The van der Waals surface area contributed by atoms with Crippen molar-refractivity contribution in [1.29, 1.82) is 0 Å². The average molecular weight is 543 g/mol. The normalized spacial score (nSPS) is 18.6. The zero-order valence-electron chi connectivity index (χ0n) is 23.1. The number of amides is 3. The summed E-state index contributed by atoms with van der Waals surface area (Å²) in [4.78, 5) is 52.7. The third-order valence-electron chi connectivity index (χ3n) is 6.45. The third-order valence-corrected chi connectivity index (χ3v) is 6.45. The van der Waals surface area contributed by atoms with Crippen LogP contribution in [-0.4, -0.2) is 72.7 Å². The third kappa shape index (κ3) is 8.72. The van der Waals surface area contributed by atoms with Gasteiger partial charge in [0.2, 0.25) is 11.8 Å².